The Hall–Kier alpha value is -4.47. The third-order valence-electron chi connectivity index (χ3n) is 9.19. The summed E-state index contributed by atoms with van der Waals surface area (Å²) in [4.78, 5) is 31.9. The molecule has 9 heteroatoms. The number of fused-ring (bicyclic) bond motifs is 1. The average Bonchev–Trinajstić information content (AvgIpc) is 3.52. The van der Waals surface area contributed by atoms with Gasteiger partial charge in [0.2, 0.25) is 0 Å². The summed E-state index contributed by atoms with van der Waals surface area (Å²) in [7, 11) is 1.69. The van der Waals surface area contributed by atoms with Gasteiger partial charge in [0.15, 0.2) is 5.69 Å². The van der Waals surface area contributed by atoms with Crippen LogP contribution in [0.5, 0.6) is 0 Å². The van der Waals surface area contributed by atoms with Gasteiger partial charge in [0, 0.05) is 44.7 Å². The lowest BCUT2D eigenvalue weighted by Gasteiger charge is -2.36. The number of nitrogens with zero attached hydrogens (tertiary/aromatic N) is 4. The van der Waals surface area contributed by atoms with Gasteiger partial charge in [0.05, 0.1) is 30.0 Å². The fourth-order valence-corrected chi connectivity index (χ4v) is 6.36. The maximum atomic E-state index is 14.6. The molecule has 2 amide bonds. The molecule has 0 saturated carbocycles. The molecular formula is C39H49N5O4. The van der Waals surface area contributed by atoms with Crippen LogP contribution < -0.4 is 5.32 Å². The summed E-state index contributed by atoms with van der Waals surface area (Å²) in [5.74, 6) is -0.298. The molecule has 2 heterocycles. The molecule has 0 aliphatic carbocycles. The zero-order valence-corrected chi connectivity index (χ0v) is 28.7. The summed E-state index contributed by atoms with van der Waals surface area (Å²) in [6, 6.07) is 25.2. The van der Waals surface area contributed by atoms with Gasteiger partial charge in [-0.15, -0.1) is 0 Å². The number of anilines is 1. The standard InChI is InChI=1S/C39H49N5O4/c1-5-7-20-42(21-8-6-2)39(47)35-22-28(3)44(41-35)36-19-18-32(40-25-37(48-4)29-14-10-9-11-15-29)24-34(36)38(46)43-26-31-17-13-12-16-30(31)23-33(43)27-45/h9-19,22,24,33,37,40,45H,5-8,20-21,23,25-27H2,1-4H3/t33-,37?/m0/s1. The number of aryl methyl sites for hydroxylation is 1. The van der Waals surface area contributed by atoms with Crippen molar-refractivity contribution in [2.24, 2.45) is 0 Å². The SMILES string of the molecule is CCCCN(CCCC)C(=O)c1cc(C)n(-c2ccc(NCC(OC)c3ccccc3)cc2C(=O)N2Cc3ccccc3C[C@H]2CO)n1. The third kappa shape index (κ3) is 7.97. The Kier molecular flexibility index (Phi) is 12.0. The second-order valence-electron chi connectivity index (χ2n) is 12.6. The molecule has 0 saturated heterocycles. The van der Waals surface area contributed by atoms with Crippen LogP contribution in [-0.4, -0.2) is 75.9 Å². The van der Waals surface area contributed by atoms with Crippen LogP contribution in [0.3, 0.4) is 0 Å². The number of benzene rings is 3. The second-order valence-corrected chi connectivity index (χ2v) is 12.6. The van der Waals surface area contributed by atoms with E-state index in [1.54, 1.807) is 16.7 Å². The normalized spacial score (nSPS) is 14.8. The number of rotatable bonds is 15. The van der Waals surface area contributed by atoms with Gasteiger partial charge in [0.1, 0.15) is 0 Å². The fraction of sp³-hybridized carbons (Fsp3) is 0.410. The highest BCUT2D eigenvalue weighted by Crippen LogP contribution is 2.29. The van der Waals surface area contributed by atoms with E-state index in [1.807, 2.05) is 84.6 Å². The summed E-state index contributed by atoms with van der Waals surface area (Å²) in [6.45, 7) is 8.27. The van der Waals surface area contributed by atoms with Crippen LogP contribution in [0.25, 0.3) is 5.69 Å². The van der Waals surface area contributed by atoms with E-state index < -0.39 is 0 Å². The highest BCUT2D eigenvalue weighted by atomic mass is 16.5. The summed E-state index contributed by atoms with van der Waals surface area (Å²) in [5, 5.41) is 18.7. The van der Waals surface area contributed by atoms with Crippen molar-refractivity contribution in [2.75, 3.05) is 38.7 Å². The largest absolute Gasteiger partial charge is 0.394 e. The Morgan fingerprint density at radius 2 is 1.67 bits per heavy atom. The molecule has 0 bridgehead atoms. The van der Waals surface area contributed by atoms with Crippen molar-refractivity contribution in [1.29, 1.82) is 0 Å². The highest BCUT2D eigenvalue weighted by Gasteiger charge is 2.32. The molecule has 0 radical (unpaired) electrons. The molecule has 9 nitrogen and oxygen atoms in total. The molecule has 2 atom stereocenters. The van der Waals surface area contributed by atoms with Gasteiger partial charge in [0.25, 0.3) is 11.8 Å². The first-order valence-electron chi connectivity index (χ1n) is 17.2. The summed E-state index contributed by atoms with van der Waals surface area (Å²) < 4.78 is 7.48. The highest BCUT2D eigenvalue weighted by molar-refractivity contribution is 5.99. The van der Waals surface area contributed by atoms with Gasteiger partial charge >= 0.3 is 0 Å². The van der Waals surface area contributed by atoms with Gasteiger partial charge in [-0.05, 0) is 67.1 Å². The number of aliphatic hydroxyl groups excluding tert-OH is 1. The van der Waals surface area contributed by atoms with E-state index in [4.69, 9.17) is 9.84 Å². The maximum Gasteiger partial charge on any atom is 0.274 e. The first-order valence-corrected chi connectivity index (χ1v) is 17.2. The van der Waals surface area contributed by atoms with Crippen LogP contribution in [0.15, 0.2) is 78.9 Å². The number of nitrogens with one attached hydrogen (secondary N) is 1. The first-order chi connectivity index (χ1) is 23.4. The van der Waals surface area contributed by atoms with Crippen molar-refractivity contribution in [1.82, 2.24) is 19.6 Å². The minimum atomic E-state index is -0.366. The Bertz CT molecular complexity index is 1660. The minimum absolute atomic E-state index is 0.0931. The number of unbranched alkanes of at least 4 members (excludes halogenated alkanes) is 2. The molecule has 4 aromatic rings. The first kappa shape index (κ1) is 34.9. The monoisotopic (exact) mass is 651 g/mol. The molecule has 1 unspecified atom stereocenters. The van der Waals surface area contributed by atoms with Gasteiger partial charge in [-0.2, -0.15) is 5.10 Å². The molecule has 5 rings (SSSR count). The van der Waals surface area contributed by atoms with Crippen molar-refractivity contribution < 1.29 is 19.4 Å². The van der Waals surface area contributed by atoms with Crippen LogP contribution >= 0.6 is 0 Å². The van der Waals surface area contributed by atoms with E-state index >= 15 is 0 Å². The molecular weight excluding hydrogens is 602 g/mol. The minimum Gasteiger partial charge on any atom is -0.394 e. The number of carbonyl (C=O) groups is 2. The summed E-state index contributed by atoms with van der Waals surface area (Å²) >= 11 is 0. The molecule has 48 heavy (non-hydrogen) atoms. The summed E-state index contributed by atoms with van der Waals surface area (Å²) in [6.07, 6.45) is 4.25. The number of ether oxygens (including phenoxy) is 1. The Balaban J connectivity index is 1.51. The molecule has 1 aliphatic rings. The quantitative estimate of drug-likeness (QED) is 0.151. The predicted molar refractivity (Wildman–Crippen MR) is 190 cm³/mol. The van der Waals surface area contributed by atoms with Crippen LogP contribution in [0.4, 0.5) is 5.69 Å². The van der Waals surface area contributed by atoms with Gasteiger partial charge in [-0.1, -0.05) is 81.3 Å². The smallest absolute Gasteiger partial charge is 0.274 e. The molecule has 0 spiro atoms. The number of hydrogen-bond acceptors (Lipinski definition) is 6. The Morgan fingerprint density at radius 1 is 0.979 bits per heavy atom. The molecule has 2 N–H and O–H groups in total. The number of aromatic nitrogens is 2. The van der Waals surface area contributed by atoms with Crippen molar-refractivity contribution >= 4 is 17.5 Å². The van der Waals surface area contributed by atoms with E-state index in [0.717, 1.165) is 53.8 Å². The predicted octanol–water partition coefficient (Wildman–Crippen LogP) is 6.58. The lowest BCUT2D eigenvalue weighted by Crippen LogP contribution is -2.46. The number of carbonyl (C=O) groups excluding carboxylic acids is 2. The molecule has 1 aliphatic heterocycles. The Labute approximate surface area is 284 Å². The van der Waals surface area contributed by atoms with Crippen molar-refractivity contribution in [2.45, 2.75) is 71.6 Å². The molecule has 1 aromatic heterocycles. The van der Waals surface area contributed by atoms with Crippen LogP contribution in [0, 0.1) is 6.92 Å². The van der Waals surface area contributed by atoms with Crippen LogP contribution in [-0.2, 0) is 17.7 Å². The molecule has 3 aromatic carbocycles. The van der Waals surface area contributed by atoms with E-state index in [1.165, 1.54) is 0 Å². The lowest BCUT2D eigenvalue weighted by atomic mass is 9.93. The summed E-state index contributed by atoms with van der Waals surface area (Å²) in [5.41, 5.74) is 6.16. The zero-order valence-electron chi connectivity index (χ0n) is 28.7. The zero-order chi connectivity index (χ0) is 34.0. The van der Waals surface area contributed by atoms with E-state index in [0.29, 0.717) is 49.5 Å². The van der Waals surface area contributed by atoms with E-state index in [9.17, 15) is 14.7 Å². The second kappa shape index (κ2) is 16.6. The third-order valence-corrected chi connectivity index (χ3v) is 9.19. The van der Waals surface area contributed by atoms with Gasteiger partial charge in [-0.3, -0.25) is 9.59 Å². The van der Waals surface area contributed by atoms with Crippen LogP contribution in [0.1, 0.15) is 88.9 Å². The average molecular weight is 652 g/mol. The van der Waals surface area contributed by atoms with E-state index in [-0.39, 0.29) is 30.6 Å². The van der Waals surface area contributed by atoms with Crippen molar-refractivity contribution in [3.8, 4) is 5.69 Å². The number of amides is 2. The van der Waals surface area contributed by atoms with Gasteiger partial charge < -0.3 is 25.0 Å². The fourth-order valence-electron chi connectivity index (χ4n) is 6.36. The van der Waals surface area contributed by atoms with Gasteiger partial charge in [-0.25, -0.2) is 4.68 Å². The number of aliphatic hydroxyl groups is 1. The number of hydrogen-bond donors (Lipinski definition) is 2. The molecule has 254 valence electrons. The van der Waals surface area contributed by atoms with E-state index in [2.05, 4.69) is 25.2 Å². The van der Waals surface area contributed by atoms with Crippen molar-refractivity contribution in [3.05, 3.63) is 113 Å². The Morgan fingerprint density at radius 3 is 2.33 bits per heavy atom. The number of methoxy groups -OCH3 is 1. The topological polar surface area (TPSA) is 99.9 Å². The van der Waals surface area contributed by atoms with Crippen molar-refractivity contribution in [3.63, 3.8) is 0 Å². The molecule has 0 fully saturated rings. The lowest BCUT2D eigenvalue weighted by molar-refractivity contribution is 0.0544. The maximum absolute atomic E-state index is 14.6. The van der Waals surface area contributed by atoms with Crippen LogP contribution in [0.2, 0.25) is 0 Å².